The molecular formula is C10H15NO2. The summed E-state index contributed by atoms with van der Waals surface area (Å²) >= 11 is 0. The van der Waals surface area contributed by atoms with Gasteiger partial charge >= 0.3 is 0 Å². The molecule has 0 aromatic heterocycles. The first-order valence-corrected chi connectivity index (χ1v) is 4.06. The summed E-state index contributed by atoms with van der Waals surface area (Å²) < 4.78 is 4.97. The number of hydrogen-bond acceptors (Lipinski definition) is 3. The van der Waals surface area contributed by atoms with E-state index in [1.807, 2.05) is 19.9 Å². The Morgan fingerprint density at radius 2 is 2.15 bits per heavy atom. The maximum Gasteiger partial charge on any atom is 0.169 e. The summed E-state index contributed by atoms with van der Waals surface area (Å²) in [5, 5.41) is 8.65. The van der Waals surface area contributed by atoms with Crippen LogP contribution in [0.1, 0.15) is 20.8 Å². The maximum atomic E-state index is 10.9. The van der Waals surface area contributed by atoms with E-state index in [2.05, 4.69) is 0 Å². The van der Waals surface area contributed by atoms with Crippen molar-refractivity contribution in [2.45, 2.75) is 20.8 Å². The first kappa shape index (κ1) is 11.9. The Hall–Kier alpha value is -1.14. The first-order chi connectivity index (χ1) is 5.93. The lowest BCUT2D eigenvalue weighted by Gasteiger charge is -2.18. The van der Waals surface area contributed by atoms with Crippen molar-refractivity contribution in [3.63, 3.8) is 0 Å². The number of nitriles is 1. The van der Waals surface area contributed by atoms with Crippen LogP contribution < -0.4 is 0 Å². The molecule has 0 aliphatic rings. The monoisotopic (exact) mass is 181 g/mol. The molecule has 0 aromatic rings. The van der Waals surface area contributed by atoms with Gasteiger partial charge in [0.15, 0.2) is 5.78 Å². The summed E-state index contributed by atoms with van der Waals surface area (Å²) in [5.41, 5.74) is -0.0760. The number of Topliss-reactive ketones (excluding diaryl/α,β-unsaturated/α-hetero) is 1. The molecule has 0 saturated heterocycles. The lowest BCUT2D eigenvalue weighted by molar-refractivity contribution is -0.113. The van der Waals surface area contributed by atoms with Gasteiger partial charge in [0.1, 0.15) is 6.07 Å². The molecule has 0 aromatic carbocycles. The summed E-state index contributed by atoms with van der Waals surface area (Å²) in [5.74, 6) is -0.202. The van der Waals surface area contributed by atoms with Crippen molar-refractivity contribution in [1.29, 1.82) is 5.26 Å². The predicted octanol–water partition coefficient (Wildman–Crippen LogP) is 1.70. The summed E-state index contributed by atoms with van der Waals surface area (Å²) in [7, 11) is 1.59. The molecule has 0 N–H and O–H groups in total. The molecule has 0 atom stereocenters. The average molecular weight is 181 g/mol. The Balaban J connectivity index is 4.70. The number of ketones is 1. The summed E-state index contributed by atoms with van der Waals surface area (Å²) in [6, 6.07) is 1.87. The fourth-order valence-corrected chi connectivity index (χ4v) is 1.02. The number of methoxy groups -OCH3 is 1. The SMILES string of the molecule is COCC(C)(C)/C=C(\C#N)C(C)=O. The van der Waals surface area contributed by atoms with Crippen molar-refractivity contribution < 1.29 is 9.53 Å². The van der Waals surface area contributed by atoms with Gasteiger partial charge in [0.05, 0.1) is 12.2 Å². The van der Waals surface area contributed by atoms with Crippen LogP contribution in [0, 0.1) is 16.7 Å². The second kappa shape index (κ2) is 4.78. The van der Waals surface area contributed by atoms with Gasteiger partial charge in [-0.1, -0.05) is 19.9 Å². The van der Waals surface area contributed by atoms with Crippen LogP contribution >= 0.6 is 0 Å². The highest BCUT2D eigenvalue weighted by Gasteiger charge is 2.17. The Morgan fingerprint density at radius 3 is 2.46 bits per heavy atom. The van der Waals surface area contributed by atoms with E-state index in [4.69, 9.17) is 10.00 Å². The molecule has 0 radical (unpaired) electrons. The number of allylic oxidation sites excluding steroid dienone is 1. The zero-order chi connectivity index (χ0) is 10.5. The first-order valence-electron chi connectivity index (χ1n) is 4.06. The van der Waals surface area contributed by atoms with Crippen LogP contribution in [0.3, 0.4) is 0 Å². The molecule has 0 heterocycles. The van der Waals surface area contributed by atoms with E-state index in [0.717, 1.165) is 0 Å². The minimum atomic E-state index is -0.272. The van der Waals surface area contributed by atoms with E-state index in [1.54, 1.807) is 13.2 Å². The number of ether oxygens (including phenoxy) is 1. The summed E-state index contributed by atoms with van der Waals surface area (Å²) in [4.78, 5) is 10.9. The minimum Gasteiger partial charge on any atom is -0.384 e. The van der Waals surface area contributed by atoms with Crippen molar-refractivity contribution in [3.8, 4) is 6.07 Å². The number of carbonyl (C=O) groups excluding carboxylic acids is 1. The van der Waals surface area contributed by atoms with Gasteiger partial charge in [0, 0.05) is 12.5 Å². The van der Waals surface area contributed by atoms with Crippen LogP contribution in [-0.2, 0) is 9.53 Å². The van der Waals surface area contributed by atoms with Crippen molar-refractivity contribution in [3.05, 3.63) is 11.6 Å². The van der Waals surface area contributed by atoms with Gasteiger partial charge in [-0.25, -0.2) is 0 Å². The van der Waals surface area contributed by atoms with Crippen molar-refractivity contribution in [1.82, 2.24) is 0 Å². The lowest BCUT2D eigenvalue weighted by Crippen LogP contribution is -2.16. The molecule has 13 heavy (non-hydrogen) atoms. The highest BCUT2D eigenvalue weighted by molar-refractivity contribution is 5.97. The molecular weight excluding hydrogens is 166 g/mol. The van der Waals surface area contributed by atoms with Gasteiger partial charge in [-0.05, 0) is 6.92 Å². The van der Waals surface area contributed by atoms with Gasteiger partial charge in [-0.15, -0.1) is 0 Å². The molecule has 72 valence electrons. The van der Waals surface area contributed by atoms with E-state index in [-0.39, 0.29) is 16.8 Å². The third kappa shape index (κ3) is 4.44. The van der Waals surface area contributed by atoms with Crippen molar-refractivity contribution >= 4 is 5.78 Å². The number of carbonyl (C=O) groups is 1. The van der Waals surface area contributed by atoms with Crippen LogP contribution in [0.2, 0.25) is 0 Å². The van der Waals surface area contributed by atoms with Crippen LogP contribution in [0.15, 0.2) is 11.6 Å². The molecule has 0 bridgehead atoms. The van der Waals surface area contributed by atoms with Gasteiger partial charge in [-0.3, -0.25) is 4.79 Å². The smallest absolute Gasteiger partial charge is 0.169 e. The van der Waals surface area contributed by atoms with E-state index in [1.165, 1.54) is 6.92 Å². The fourth-order valence-electron chi connectivity index (χ4n) is 1.02. The molecule has 0 fully saturated rings. The number of nitrogens with zero attached hydrogens (tertiary/aromatic N) is 1. The predicted molar refractivity (Wildman–Crippen MR) is 50.0 cm³/mol. The normalized spacial score (nSPS) is 12.4. The molecule has 0 rings (SSSR count). The van der Waals surface area contributed by atoms with Gasteiger partial charge < -0.3 is 4.74 Å². The molecule has 0 unspecified atom stereocenters. The molecule has 0 spiro atoms. The molecule has 3 nitrogen and oxygen atoms in total. The quantitative estimate of drug-likeness (QED) is 0.490. The molecule has 0 saturated carbocycles. The minimum absolute atomic E-state index is 0.196. The van der Waals surface area contributed by atoms with Crippen molar-refractivity contribution in [2.75, 3.05) is 13.7 Å². The van der Waals surface area contributed by atoms with E-state index in [0.29, 0.717) is 6.61 Å². The van der Waals surface area contributed by atoms with Crippen molar-refractivity contribution in [2.24, 2.45) is 5.41 Å². The van der Waals surface area contributed by atoms with Crippen LogP contribution in [0.4, 0.5) is 0 Å². The van der Waals surface area contributed by atoms with E-state index >= 15 is 0 Å². The van der Waals surface area contributed by atoms with Crippen LogP contribution in [0.5, 0.6) is 0 Å². The Kier molecular flexibility index (Phi) is 4.36. The van der Waals surface area contributed by atoms with Gasteiger partial charge in [0.2, 0.25) is 0 Å². The second-order valence-corrected chi connectivity index (χ2v) is 3.65. The van der Waals surface area contributed by atoms with Gasteiger partial charge in [0.25, 0.3) is 0 Å². The average Bonchev–Trinajstić information content (AvgIpc) is 1.99. The Bertz CT molecular complexity index is 259. The summed E-state index contributed by atoms with van der Waals surface area (Å²) in [6.07, 6.45) is 1.65. The Labute approximate surface area is 79.0 Å². The van der Waals surface area contributed by atoms with E-state index in [9.17, 15) is 4.79 Å². The molecule has 0 aliphatic carbocycles. The number of rotatable bonds is 4. The molecule has 0 aliphatic heterocycles. The maximum absolute atomic E-state index is 10.9. The standard InChI is InChI=1S/C10H15NO2/c1-8(12)9(6-11)5-10(2,3)7-13-4/h5H,7H2,1-4H3/b9-5+. The summed E-state index contributed by atoms with van der Waals surface area (Å²) in [6.45, 7) is 5.71. The van der Waals surface area contributed by atoms with Crippen LogP contribution in [0.25, 0.3) is 0 Å². The van der Waals surface area contributed by atoms with E-state index < -0.39 is 0 Å². The third-order valence-corrected chi connectivity index (χ3v) is 1.55. The fraction of sp³-hybridized carbons (Fsp3) is 0.600. The van der Waals surface area contributed by atoms with Crippen LogP contribution in [-0.4, -0.2) is 19.5 Å². The van der Waals surface area contributed by atoms with Gasteiger partial charge in [-0.2, -0.15) is 5.26 Å². The largest absolute Gasteiger partial charge is 0.384 e. The topological polar surface area (TPSA) is 50.1 Å². The lowest BCUT2D eigenvalue weighted by atomic mass is 9.91. The third-order valence-electron chi connectivity index (χ3n) is 1.55. The number of hydrogen-bond donors (Lipinski definition) is 0. The highest BCUT2D eigenvalue weighted by Crippen LogP contribution is 2.19. The second-order valence-electron chi connectivity index (χ2n) is 3.65. The zero-order valence-electron chi connectivity index (χ0n) is 8.55. The molecule has 0 amide bonds. The highest BCUT2D eigenvalue weighted by atomic mass is 16.5. The zero-order valence-corrected chi connectivity index (χ0v) is 8.55. The molecule has 3 heteroatoms. The Morgan fingerprint density at radius 1 is 1.62 bits per heavy atom.